The number of carbonyl (C=O) groups is 1. The van der Waals surface area contributed by atoms with Crippen LogP contribution in [0.1, 0.15) is 32.6 Å². The normalized spacial score (nSPS) is 25.3. The van der Waals surface area contributed by atoms with Crippen LogP contribution in [-0.2, 0) is 0 Å². The molecule has 1 N–H and O–H groups in total. The summed E-state index contributed by atoms with van der Waals surface area (Å²) in [4.78, 5) is 15.6. The molecule has 2 fully saturated rings. The molecule has 4 nitrogen and oxygen atoms in total. The zero-order chi connectivity index (χ0) is 13.9. The molecule has 2 aliphatic heterocycles. The molecule has 2 amide bonds. The van der Waals surface area contributed by atoms with Crippen molar-refractivity contribution in [1.29, 1.82) is 0 Å². The molecule has 2 saturated heterocycles. The van der Waals surface area contributed by atoms with E-state index in [9.17, 15) is 13.6 Å². The fourth-order valence-corrected chi connectivity index (χ4v) is 2.80. The van der Waals surface area contributed by atoms with Gasteiger partial charge in [-0.2, -0.15) is 0 Å². The van der Waals surface area contributed by atoms with E-state index in [4.69, 9.17) is 0 Å². The predicted octanol–water partition coefficient (Wildman–Crippen LogP) is 1.91. The van der Waals surface area contributed by atoms with Crippen LogP contribution < -0.4 is 5.32 Å². The molecular weight excluding hydrogens is 252 g/mol. The lowest BCUT2D eigenvalue weighted by Crippen LogP contribution is -2.53. The fraction of sp³-hybridized carbons (Fsp3) is 0.923. The van der Waals surface area contributed by atoms with E-state index in [0.29, 0.717) is 13.0 Å². The van der Waals surface area contributed by atoms with Gasteiger partial charge >= 0.3 is 6.03 Å². The summed E-state index contributed by atoms with van der Waals surface area (Å²) in [6.45, 7) is 5.09. The number of carbonyl (C=O) groups excluding carboxylic acids is 1. The summed E-state index contributed by atoms with van der Waals surface area (Å²) >= 11 is 0. The van der Waals surface area contributed by atoms with Gasteiger partial charge in [-0.1, -0.05) is 6.92 Å². The van der Waals surface area contributed by atoms with Gasteiger partial charge in [0.2, 0.25) is 0 Å². The van der Waals surface area contributed by atoms with E-state index in [1.165, 1.54) is 4.90 Å². The summed E-state index contributed by atoms with van der Waals surface area (Å²) in [5.74, 6) is -2.72. The number of piperidine rings is 2. The maximum absolute atomic E-state index is 13.3. The van der Waals surface area contributed by atoms with Gasteiger partial charge in [0.05, 0.1) is 6.54 Å². The minimum Gasteiger partial charge on any atom is -0.335 e. The molecule has 0 radical (unpaired) electrons. The molecule has 110 valence electrons. The van der Waals surface area contributed by atoms with Gasteiger partial charge in [-0.15, -0.1) is 0 Å². The number of urea groups is 1. The van der Waals surface area contributed by atoms with Gasteiger partial charge in [0.1, 0.15) is 0 Å². The van der Waals surface area contributed by atoms with E-state index in [1.807, 2.05) is 0 Å². The zero-order valence-electron chi connectivity index (χ0n) is 11.5. The van der Waals surface area contributed by atoms with E-state index in [1.54, 1.807) is 0 Å². The number of alkyl halides is 2. The van der Waals surface area contributed by atoms with Crippen LogP contribution in [0.25, 0.3) is 0 Å². The summed E-state index contributed by atoms with van der Waals surface area (Å²) in [5.41, 5.74) is 0. The largest absolute Gasteiger partial charge is 0.335 e. The highest BCUT2D eigenvalue weighted by Crippen LogP contribution is 2.26. The van der Waals surface area contributed by atoms with E-state index >= 15 is 0 Å². The molecule has 0 unspecified atom stereocenters. The summed E-state index contributed by atoms with van der Waals surface area (Å²) < 4.78 is 26.5. The van der Waals surface area contributed by atoms with Crippen LogP contribution in [0.4, 0.5) is 13.6 Å². The minimum absolute atomic E-state index is 0.105. The first-order valence-electron chi connectivity index (χ1n) is 7.16. The third-order valence-corrected chi connectivity index (χ3v) is 4.04. The Bertz CT molecular complexity index is 317. The number of hydrogen-bond acceptors (Lipinski definition) is 2. The van der Waals surface area contributed by atoms with Gasteiger partial charge in [0, 0.05) is 32.1 Å². The van der Waals surface area contributed by atoms with Crippen LogP contribution in [0, 0.1) is 0 Å². The van der Waals surface area contributed by atoms with Gasteiger partial charge < -0.3 is 15.1 Å². The number of halogens is 2. The molecule has 0 atom stereocenters. The predicted molar refractivity (Wildman–Crippen MR) is 69.4 cm³/mol. The molecule has 0 aromatic heterocycles. The van der Waals surface area contributed by atoms with Crippen LogP contribution in [0.15, 0.2) is 0 Å². The topological polar surface area (TPSA) is 35.6 Å². The standard InChI is InChI=1S/C13H23F2N3O/c1-2-17-8-4-11(5-9-17)16-12(19)18-7-3-6-13(14,15)10-18/h11H,2-10H2,1H3,(H,16,19). The molecule has 0 aliphatic carbocycles. The summed E-state index contributed by atoms with van der Waals surface area (Å²) in [5, 5.41) is 2.90. The van der Waals surface area contributed by atoms with Crippen molar-refractivity contribution in [3.8, 4) is 0 Å². The van der Waals surface area contributed by atoms with E-state index in [-0.39, 0.29) is 18.5 Å². The Balaban J connectivity index is 1.78. The molecule has 2 heterocycles. The second-order valence-electron chi connectivity index (χ2n) is 5.54. The second kappa shape index (κ2) is 6.03. The molecule has 2 aliphatic rings. The van der Waals surface area contributed by atoms with Gasteiger partial charge in [-0.25, -0.2) is 13.6 Å². The average Bonchev–Trinajstić information content (AvgIpc) is 2.38. The van der Waals surface area contributed by atoms with Crippen molar-refractivity contribution >= 4 is 6.03 Å². The lowest BCUT2D eigenvalue weighted by Gasteiger charge is -2.36. The quantitative estimate of drug-likeness (QED) is 0.835. The Hall–Kier alpha value is -0.910. The third kappa shape index (κ3) is 4.03. The maximum atomic E-state index is 13.3. The van der Waals surface area contributed by atoms with Crippen molar-refractivity contribution in [2.24, 2.45) is 0 Å². The molecule has 0 aromatic rings. The maximum Gasteiger partial charge on any atom is 0.317 e. The first-order chi connectivity index (χ1) is 9.00. The zero-order valence-corrected chi connectivity index (χ0v) is 11.5. The van der Waals surface area contributed by atoms with Crippen LogP contribution in [0.3, 0.4) is 0 Å². The Kier molecular flexibility index (Phi) is 4.60. The van der Waals surface area contributed by atoms with Crippen molar-refractivity contribution < 1.29 is 13.6 Å². The summed E-state index contributed by atoms with van der Waals surface area (Å²) in [6.07, 6.45) is 2.09. The number of nitrogens with one attached hydrogen (secondary N) is 1. The number of hydrogen-bond donors (Lipinski definition) is 1. The van der Waals surface area contributed by atoms with Crippen molar-refractivity contribution in [3.05, 3.63) is 0 Å². The minimum atomic E-state index is -2.72. The molecule has 19 heavy (non-hydrogen) atoms. The van der Waals surface area contributed by atoms with E-state index < -0.39 is 12.5 Å². The first kappa shape index (κ1) is 14.5. The third-order valence-electron chi connectivity index (χ3n) is 4.04. The number of amides is 2. The second-order valence-corrected chi connectivity index (χ2v) is 5.54. The molecule has 0 aromatic carbocycles. The van der Waals surface area contributed by atoms with Crippen LogP contribution >= 0.6 is 0 Å². The highest BCUT2D eigenvalue weighted by molar-refractivity contribution is 5.74. The first-order valence-corrected chi connectivity index (χ1v) is 7.16. The summed E-state index contributed by atoms with van der Waals surface area (Å²) in [7, 11) is 0. The number of nitrogens with zero attached hydrogens (tertiary/aromatic N) is 2. The smallest absolute Gasteiger partial charge is 0.317 e. The van der Waals surface area contributed by atoms with Crippen LogP contribution in [0.5, 0.6) is 0 Å². The van der Waals surface area contributed by atoms with Crippen molar-refractivity contribution in [2.45, 2.75) is 44.6 Å². The molecular formula is C13H23F2N3O. The Labute approximate surface area is 113 Å². The van der Waals surface area contributed by atoms with Crippen molar-refractivity contribution in [2.75, 3.05) is 32.7 Å². The van der Waals surface area contributed by atoms with E-state index in [0.717, 1.165) is 32.5 Å². The fourth-order valence-electron chi connectivity index (χ4n) is 2.80. The van der Waals surface area contributed by atoms with Crippen LogP contribution in [-0.4, -0.2) is 60.5 Å². The Morgan fingerprint density at radius 2 is 2.00 bits per heavy atom. The average molecular weight is 275 g/mol. The van der Waals surface area contributed by atoms with Crippen molar-refractivity contribution in [3.63, 3.8) is 0 Å². The molecule has 6 heteroatoms. The lowest BCUT2D eigenvalue weighted by atomic mass is 10.0. The molecule has 2 rings (SSSR count). The molecule has 0 bridgehead atoms. The van der Waals surface area contributed by atoms with Crippen LogP contribution in [0.2, 0.25) is 0 Å². The molecule has 0 saturated carbocycles. The number of rotatable bonds is 2. The van der Waals surface area contributed by atoms with E-state index in [2.05, 4.69) is 17.1 Å². The van der Waals surface area contributed by atoms with Gasteiger partial charge in [-0.3, -0.25) is 0 Å². The number of likely N-dealkylation sites (tertiary alicyclic amines) is 2. The van der Waals surface area contributed by atoms with Gasteiger partial charge in [0.25, 0.3) is 5.92 Å². The van der Waals surface area contributed by atoms with Gasteiger partial charge in [-0.05, 0) is 25.8 Å². The lowest BCUT2D eigenvalue weighted by molar-refractivity contribution is -0.0527. The monoisotopic (exact) mass is 275 g/mol. The van der Waals surface area contributed by atoms with Gasteiger partial charge in [0.15, 0.2) is 0 Å². The Morgan fingerprint density at radius 1 is 1.32 bits per heavy atom. The molecule has 0 spiro atoms. The Morgan fingerprint density at radius 3 is 2.58 bits per heavy atom. The highest BCUT2D eigenvalue weighted by atomic mass is 19.3. The summed E-state index contributed by atoms with van der Waals surface area (Å²) in [6, 6.07) is -0.194. The highest BCUT2D eigenvalue weighted by Gasteiger charge is 2.37. The SMILES string of the molecule is CCN1CCC(NC(=O)N2CCCC(F)(F)C2)CC1. The van der Waals surface area contributed by atoms with Crippen molar-refractivity contribution in [1.82, 2.24) is 15.1 Å².